The third kappa shape index (κ3) is 1.77. The van der Waals surface area contributed by atoms with E-state index in [4.69, 9.17) is 0 Å². The van der Waals surface area contributed by atoms with Gasteiger partial charge in [0.2, 0.25) is 0 Å². The fourth-order valence-electron chi connectivity index (χ4n) is 1.83. The Kier molecular flexibility index (Phi) is 2.83. The molecule has 0 unspecified atom stereocenters. The number of nitrogens with zero attached hydrogens (tertiary/aromatic N) is 4. The summed E-state index contributed by atoms with van der Waals surface area (Å²) in [6.45, 7) is 8.13. The molecular weight excluding hydrogens is 214 g/mol. The Bertz CT molecular complexity index is 556. The molecule has 0 amide bonds. The van der Waals surface area contributed by atoms with E-state index in [1.165, 1.54) is 5.56 Å². The quantitative estimate of drug-likeness (QED) is 0.858. The van der Waals surface area contributed by atoms with Gasteiger partial charge in [-0.3, -0.25) is 0 Å². The van der Waals surface area contributed by atoms with Gasteiger partial charge in [-0.05, 0) is 33.3 Å². The molecule has 0 saturated heterocycles. The highest BCUT2D eigenvalue weighted by molar-refractivity contribution is 5.51. The summed E-state index contributed by atoms with van der Waals surface area (Å²) in [5.41, 5.74) is 4.35. The molecule has 0 bridgehead atoms. The van der Waals surface area contributed by atoms with Gasteiger partial charge in [0, 0.05) is 18.3 Å². The topological polar surface area (TPSA) is 55.6 Å². The Morgan fingerprint density at radius 1 is 1.06 bits per heavy atom. The van der Waals surface area contributed by atoms with Crippen LogP contribution in [0.25, 0.3) is 5.82 Å². The molecule has 2 aromatic rings. The zero-order valence-electron chi connectivity index (χ0n) is 10.9. The van der Waals surface area contributed by atoms with Crippen molar-refractivity contribution in [2.75, 3.05) is 12.4 Å². The highest BCUT2D eigenvalue weighted by Gasteiger charge is 2.13. The highest BCUT2D eigenvalue weighted by atomic mass is 15.3. The molecule has 0 fully saturated rings. The molecule has 1 N–H and O–H groups in total. The summed E-state index contributed by atoms with van der Waals surface area (Å²) >= 11 is 0. The minimum atomic E-state index is 0.832. The van der Waals surface area contributed by atoms with Crippen molar-refractivity contribution in [1.29, 1.82) is 0 Å². The number of hydrogen-bond acceptors (Lipinski definition) is 4. The van der Waals surface area contributed by atoms with Crippen LogP contribution in [0.15, 0.2) is 6.33 Å². The van der Waals surface area contributed by atoms with E-state index in [9.17, 15) is 0 Å². The zero-order chi connectivity index (χ0) is 12.6. The van der Waals surface area contributed by atoms with Crippen molar-refractivity contribution in [3.05, 3.63) is 28.8 Å². The van der Waals surface area contributed by atoms with E-state index in [0.717, 1.165) is 28.6 Å². The molecule has 5 nitrogen and oxygen atoms in total. The fraction of sp³-hybridized carbons (Fsp3) is 0.417. The van der Waals surface area contributed by atoms with Crippen molar-refractivity contribution in [3.63, 3.8) is 0 Å². The van der Waals surface area contributed by atoms with Crippen molar-refractivity contribution in [2.45, 2.75) is 27.7 Å². The summed E-state index contributed by atoms with van der Waals surface area (Å²) < 4.78 is 1.88. The maximum Gasteiger partial charge on any atom is 0.162 e. The fourth-order valence-corrected chi connectivity index (χ4v) is 1.83. The molecule has 0 spiro atoms. The van der Waals surface area contributed by atoms with Gasteiger partial charge in [-0.15, -0.1) is 0 Å². The van der Waals surface area contributed by atoms with Gasteiger partial charge in [0.05, 0.1) is 5.69 Å². The number of aryl methyl sites for hydroxylation is 1. The van der Waals surface area contributed by atoms with Crippen LogP contribution in [0.1, 0.15) is 22.5 Å². The average Bonchev–Trinajstić information content (AvgIpc) is 2.57. The van der Waals surface area contributed by atoms with E-state index in [1.54, 1.807) is 6.33 Å². The Morgan fingerprint density at radius 2 is 1.76 bits per heavy atom. The molecule has 5 heteroatoms. The van der Waals surface area contributed by atoms with Crippen LogP contribution < -0.4 is 5.32 Å². The van der Waals surface area contributed by atoms with E-state index in [2.05, 4.69) is 34.2 Å². The lowest BCUT2D eigenvalue weighted by atomic mass is 10.2. The van der Waals surface area contributed by atoms with Crippen LogP contribution in [0.2, 0.25) is 0 Å². The van der Waals surface area contributed by atoms with E-state index in [-0.39, 0.29) is 0 Å². The Morgan fingerprint density at radius 3 is 2.29 bits per heavy atom. The Labute approximate surface area is 101 Å². The van der Waals surface area contributed by atoms with Crippen LogP contribution in [0.5, 0.6) is 0 Å². The summed E-state index contributed by atoms with van der Waals surface area (Å²) in [6.07, 6.45) is 1.56. The first-order valence-electron chi connectivity index (χ1n) is 5.58. The molecule has 0 radical (unpaired) electrons. The van der Waals surface area contributed by atoms with Crippen LogP contribution in [-0.2, 0) is 0 Å². The molecule has 2 rings (SSSR count). The predicted octanol–water partition coefficient (Wildman–Crippen LogP) is 1.94. The molecule has 2 heterocycles. The molecule has 0 saturated carbocycles. The van der Waals surface area contributed by atoms with Gasteiger partial charge in [-0.25, -0.2) is 14.6 Å². The summed E-state index contributed by atoms with van der Waals surface area (Å²) in [5, 5.41) is 7.57. The van der Waals surface area contributed by atoms with Crippen LogP contribution >= 0.6 is 0 Å². The SMILES string of the molecule is CNc1ncnc(-n2nc(C)c(C)c2C)c1C. The minimum Gasteiger partial charge on any atom is -0.373 e. The second-order valence-electron chi connectivity index (χ2n) is 4.13. The molecule has 0 aliphatic carbocycles. The van der Waals surface area contributed by atoms with Crippen molar-refractivity contribution in [1.82, 2.24) is 19.7 Å². The van der Waals surface area contributed by atoms with E-state index >= 15 is 0 Å². The first kappa shape index (κ1) is 11.6. The molecule has 0 atom stereocenters. The highest BCUT2D eigenvalue weighted by Crippen LogP contribution is 2.20. The third-order valence-electron chi connectivity index (χ3n) is 3.15. The summed E-state index contributed by atoms with van der Waals surface area (Å²) in [4.78, 5) is 8.50. The average molecular weight is 231 g/mol. The molecule has 0 aromatic carbocycles. The number of anilines is 1. The van der Waals surface area contributed by atoms with Crippen molar-refractivity contribution in [2.24, 2.45) is 0 Å². The van der Waals surface area contributed by atoms with E-state index < -0.39 is 0 Å². The van der Waals surface area contributed by atoms with E-state index in [1.807, 2.05) is 25.6 Å². The maximum absolute atomic E-state index is 4.51. The summed E-state index contributed by atoms with van der Waals surface area (Å²) in [7, 11) is 1.85. The second kappa shape index (κ2) is 4.16. The molecule has 17 heavy (non-hydrogen) atoms. The number of hydrogen-bond donors (Lipinski definition) is 1. The molecular formula is C12H17N5. The molecule has 0 aliphatic rings. The lowest BCUT2D eigenvalue weighted by molar-refractivity contribution is 0.793. The van der Waals surface area contributed by atoms with Crippen molar-refractivity contribution in [3.8, 4) is 5.82 Å². The van der Waals surface area contributed by atoms with Crippen molar-refractivity contribution < 1.29 is 0 Å². The minimum absolute atomic E-state index is 0.832. The van der Waals surface area contributed by atoms with Crippen LogP contribution in [0.3, 0.4) is 0 Å². The normalized spacial score (nSPS) is 10.6. The first-order chi connectivity index (χ1) is 8.06. The van der Waals surface area contributed by atoms with Crippen LogP contribution in [0.4, 0.5) is 5.82 Å². The third-order valence-corrected chi connectivity index (χ3v) is 3.15. The van der Waals surface area contributed by atoms with Crippen LogP contribution in [0, 0.1) is 27.7 Å². The molecule has 2 aromatic heterocycles. The summed E-state index contributed by atoms with van der Waals surface area (Å²) in [6, 6.07) is 0. The zero-order valence-corrected chi connectivity index (χ0v) is 10.9. The van der Waals surface area contributed by atoms with Crippen LogP contribution in [-0.4, -0.2) is 26.8 Å². The lowest BCUT2D eigenvalue weighted by Gasteiger charge is -2.10. The lowest BCUT2D eigenvalue weighted by Crippen LogP contribution is -2.08. The molecule has 0 aliphatic heterocycles. The standard InChI is InChI=1S/C12H17N5/c1-7-9(3)16-17(10(7)4)12-8(2)11(13-5)14-6-15-12/h6H,1-5H3,(H,13,14,15). The molecule has 90 valence electrons. The van der Waals surface area contributed by atoms with E-state index in [0.29, 0.717) is 0 Å². The monoisotopic (exact) mass is 231 g/mol. The smallest absolute Gasteiger partial charge is 0.162 e. The second-order valence-corrected chi connectivity index (χ2v) is 4.13. The maximum atomic E-state index is 4.51. The largest absolute Gasteiger partial charge is 0.373 e. The van der Waals surface area contributed by atoms with Gasteiger partial charge in [0.15, 0.2) is 5.82 Å². The number of nitrogens with one attached hydrogen (secondary N) is 1. The Balaban J connectivity index is 2.64. The van der Waals surface area contributed by atoms with Crippen molar-refractivity contribution >= 4 is 5.82 Å². The number of aromatic nitrogens is 4. The first-order valence-corrected chi connectivity index (χ1v) is 5.58. The van der Waals surface area contributed by atoms with Gasteiger partial charge in [-0.2, -0.15) is 5.10 Å². The summed E-state index contributed by atoms with van der Waals surface area (Å²) in [5.74, 6) is 1.67. The Hall–Kier alpha value is -1.91. The predicted molar refractivity (Wildman–Crippen MR) is 67.6 cm³/mol. The van der Waals surface area contributed by atoms with Gasteiger partial charge < -0.3 is 5.32 Å². The van der Waals surface area contributed by atoms with Gasteiger partial charge >= 0.3 is 0 Å². The van der Waals surface area contributed by atoms with Gasteiger partial charge in [0.1, 0.15) is 12.1 Å². The van der Waals surface area contributed by atoms with Gasteiger partial charge in [0.25, 0.3) is 0 Å². The number of rotatable bonds is 2. The van der Waals surface area contributed by atoms with Gasteiger partial charge in [-0.1, -0.05) is 0 Å².